The molecule has 1 aliphatic rings. The Morgan fingerprint density at radius 2 is 2.24 bits per heavy atom. The standard InChI is InChI=1S/C14H21BrN2/c1-11-6-7-13(15)14(9-11)16-10-12-5-3-4-8-17(12)2/h6-7,9,12,16H,3-5,8,10H2,1-2H3. The lowest BCUT2D eigenvalue weighted by molar-refractivity contribution is 0.194. The van der Waals surface area contributed by atoms with Crippen LogP contribution in [0.3, 0.4) is 0 Å². The molecule has 2 rings (SSSR count). The van der Waals surface area contributed by atoms with E-state index < -0.39 is 0 Å². The molecule has 1 heterocycles. The molecule has 0 aliphatic carbocycles. The summed E-state index contributed by atoms with van der Waals surface area (Å²) in [7, 11) is 2.23. The molecule has 1 saturated heterocycles. The van der Waals surface area contributed by atoms with Crippen LogP contribution in [-0.4, -0.2) is 31.1 Å². The maximum atomic E-state index is 3.59. The highest BCUT2D eigenvalue weighted by Gasteiger charge is 2.18. The quantitative estimate of drug-likeness (QED) is 0.916. The highest BCUT2D eigenvalue weighted by atomic mass is 79.9. The van der Waals surface area contributed by atoms with Crippen molar-refractivity contribution in [2.45, 2.75) is 32.2 Å². The van der Waals surface area contributed by atoms with Crippen LogP contribution in [0.25, 0.3) is 0 Å². The molecule has 0 aromatic heterocycles. The van der Waals surface area contributed by atoms with Crippen molar-refractivity contribution < 1.29 is 0 Å². The summed E-state index contributed by atoms with van der Waals surface area (Å²) in [5.74, 6) is 0. The van der Waals surface area contributed by atoms with Crippen LogP contribution in [0.15, 0.2) is 22.7 Å². The molecule has 0 amide bonds. The number of hydrogen-bond acceptors (Lipinski definition) is 2. The SMILES string of the molecule is Cc1ccc(Br)c(NCC2CCCCN2C)c1. The molecule has 94 valence electrons. The van der Waals surface area contributed by atoms with Crippen molar-refractivity contribution in [3.63, 3.8) is 0 Å². The largest absolute Gasteiger partial charge is 0.383 e. The molecule has 0 bridgehead atoms. The van der Waals surface area contributed by atoms with Crippen LogP contribution in [-0.2, 0) is 0 Å². The second-order valence-corrected chi connectivity index (χ2v) is 5.85. The van der Waals surface area contributed by atoms with Crippen molar-refractivity contribution in [2.24, 2.45) is 0 Å². The van der Waals surface area contributed by atoms with Crippen LogP contribution in [0, 0.1) is 6.92 Å². The van der Waals surface area contributed by atoms with E-state index in [0.717, 1.165) is 11.0 Å². The number of nitrogens with one attached hydrogen (secondary N) is 1. The van der Waals surface area contributed by atoms with E-state index in [1.165, 1.54) is 37.1 Å². The van der Waals surface area contributed by atoms with Gasteiger partial charge < -0.3 is 10.2 Å². The predicted octanol–water partition coefficient (Wildman–Crippen LogP) is 3.65. The summed E-state index contributed by atoms with van der Waals surface area (Å²) in [6.45, 7) is 4.41. The van der Waals surface area contributed by atoms with Gasteiger partial charge in [0.15, 0.2) is 0 Å². The molecule has 0 spiro atoms. The first-order chi connectivity index (χ1) is 8.16. The monoisotopic (exact) mass is 296 g/mol. The molecule has 1 aromatic rings. The number of anilines is 1. The molecule has 17 heavy (non-hydrogen) atoms. The van der Waals surface area contributed by atoms with Gasteiger partial charge in [0.05, 0.1) is 0 Å². The number of likely N-dealkylation sites (tertiary alicyclic amines) is 1. The van der Waals surface area contributed by atoms with Crippen molar-refractivity contribution in [1.29, 1.82) is 0 Å². The Morgan fingerprint density at radius 3 is 3.00 bits per heavy atom. The van der Waals surface area contributed by atoms with Gasteiger partial charge in [-0.15, -0.1) is 0 Å². The average Bonchev–Trinajstić information content (AvgIpc) is 2.32. The highest BCUT2D eigenvalue weighted by molar-refractivity contribution is 9.10. The van der Waals surface area contributed by atoms with Crippen LogP contribution in [0.5, 0.6) is 0 Å². The van der Waals surface area contributed by atoms with Gasteiger partial charge in [-0.25, -0.2) is 0 Å². The lowest BCUT2D eigenvalue weighted by Gasteiger charge is -2.32. The van der Waals surface area contributed by atoms with Crippen LogP contribution in [0.1, 0.15) is 24.8 Å². The van der Waals surface area contributed by atoms with E-state index >= 15 is 0 Å². The number of rotatable bonds is 3. The van der Waals surface area contributed by atoms with Gasteiger partial charge in [0.2, 0.25) is 0 Å². The lowest BCUT2D eigenvalue weighted by atomic mass is 10.0. The minimum absolute atomic E-state index is 0.677. The topological polar surface area (TPSA) is 15.3 Å². The molecular formula is C14H21BrN2. The minimum Gasteiger partial charge on any atom is -0.383 e. The van der Waals surface area contributed by atoms with E-state index in [1.807, 2.05) is 0 Å². The van der Waals surface area contributed by atoms with Gasteiger partial charge in [-0.05, 0) is 67.0 Å². The second-order valence-electron chi connectivity index (χ2n) is 4.99. The number of piperidine rings is 1. The fraction of sp³-hybridized carbons (Fsp3) is 0.571. The van der Waals surface area contributed by atoms with Crippen molar-refractivity contribution in [3.8, 4) is 0 Å². The number of benzene rings is 1. The maximum absolute atomic E-state index is 3.59. The lowest BCUT2D eigenvalue weighted by Crippen LogP contribution is -2.40. The number of aryl methyl sites for hydroxylation is 1. The fourth-order valence-electron chi connectivity index (χ4n) is 2.40. The number of nitrogens with zero attached hydrogens (tertiary/aromatic N) is 1. The van der Waals surface area contributed by atoms with E-state index in [2.05, 4.69) is 58.3 Å². The third-order valence-corrected chi connectivity index (χ3v) is 4.26. The van der Waals surface area contributed by atoms with Gasteiger partial charge in [-0.3, -0.25) is 0 Å². The average molecular weight is 297 g/mol. The van der Waals surface area contributed by atoms with E-state index in [0.29, 0.717) is 6.04 Å². The Balaban J connectivity index is 1.94. The Hall–Kier alpha value is -0.540. The van der Waals surface area contributed by atoms with Gasteiger partial charge in [0.1, 0.15) is 0 Å². The Labute approximate surface area is 113 Å². The summed E-state index contributed by atoms with van der Waals surface area (Å²) in [5.41, 5.74) is 2.51. The second kappa shape index (κ2) is 5.87. The Morgan fingerprint density at radius 1 is 1.41 bits per heavy atom. The first kappa shape index (κ1) is 12.9. The predicted molar refractivity (Wildman–Crippen MR) is 77.6 cm³/mol. The zero-order valence-electron chi connectivity index (χ0n) is 10.7. The summed E-state index contributed by atoms with van der Waals surface area (Å²) in [6, 6.07) is 7.12. The molecule has 1 aromatic carbocycles. The fourth-order valence-corrected chi connectivity index (χ4v) is 2.79. The van der Waals surface area contributed by atoms with Crippen molar-refractivity contribution >= 4 is 21.6 Å². The summed E-state index contributed by atoms with van der Waals surface area (Å²) in [4.78, 5) is 2.47. The third kappa shape index (κ3) is 3.46. The smallest absolute Gasteiger partial charge is 0.0487 e. The van der Waals surface area contributed by atoms with Gasteiger partial charge in [0, 0.05) is 22.7 Å². The van der Waals surface area contributed by atoms with E-state index in [1.54, 1.807) is 0 Å². The molecule has 1 N–H and O–H groups in total. The number of halogens is 1. The van der Waals surface area contributed by atoms with Crippen LogP contribution in [0.4, 0.5) is 5.69 Å². The molecule has 3 heteroatoms. The molecule has 1 unspecified atom stereocenters. The highest BCUT2D eigenvalue weighted by Crippen LogP contribution is 2.24. The molecule has 2 nitrogen and oxygen atoms in total. The number of hydrogen-bond donors (Lipinski definition) is 1. The summed E-state index contributed by atoms with van der Waals surface area (Å²) in [6.07, 6.45) is 4.03. The normalized spacial score (nSPS) is 21.5. The van der Waals surface area contributed by atoms with Crippen molar-refractivity contribution in [3.05, 3.63) is 28.2 Å². The Kier molecular flexibility index (Phi) is 4.46. The summed E-state index contributed by atoms with van der Waals surface area (Å²) < 4.78 is 1.15. The zero-order valence-corrected chi connectivity index (χ0v) is 12.3. The molecule has 1 atom stereocenters. The molecular weight excluding hydrogens is 276 g/mol. The van der Waals surface area contributed by atoms with Crippen LogP contribution < -0.4 is 5.32 Å². The van der Waals surface area contributed by atoms with Gasteiger partial charge in [-0.2, -0.15) is 0 Å². The maximum Gasteiger partial charge on any atom is 0.0487 e. The first-order valence-corrected chi connectivity index (χ1v) is 7.16. The summed E-state index contributed by atoms with van der Waals surface area (Å²) >= 11 is 3.59. The van der Waals surface area contributed by atoms with E-state index in [-0.39, 0.29) is 0 Å². The first-order valence-electron chi connectivity index (χ1n) is 6.37. The van der Waals surface area contributed by atoms with Crippen LogP contribution >= 0.6 is 15.9 Å². The molecule has 0 saturated carbocycles. The van der Waals surface area contributed by atoms with Crippen molar-refractivity contribution in [2.75, 3.05) is 25.5 Å². The summed E-state index contributed by atoms with van der Waals surface area (Å²) in [5, 5.41) is 3.57. The molecule has 1 fully saturated rings. The van der Waals surface area contributed by atoms with Gasteiger partial charge >= 0.3 is 0 Å². The molecule has 0 radical (unpaired) electrons. The number of likely N-dealkylation sites (N-methyl/N-ethyl adjacent to an activating group) is 1. The zero-order chi connectivity index (χ0) is 12.3. The van der Waals surface area contributed by atoms with Gasteiger partial charge in [0.25, 0.3) is 0 Å². The van der Waals surface area contributed by atoms with E-state index in [9.17, 15) is 0 Å². The Bertz CT molecular complexity index is 378. The minimum atomic E-state index is 0.677. The third-order valence-electron chi connectivity index (χ3n) is 3.57. The van der Waals surface area contributed by atoms with Gasteiger partial charge in [-0.1, -0.05) is 12.5 Å². The van der Waals surface area contributed by atoms with Crippen LogP contribution in [0.2, 0.25) is 0 Å². The van der Waals surface area contributed by atoms with E-state index in [4.69, 9.17) is 0 Å². The van der Waals surface area contributed by atoms with Crippen molar-refractivity contribution in [1.82, 2.24) is 4.90 Å². The molecule has 1 aliphatic heterocycles.